The molecule has 0 aliphatic carbocycles. The van der Waals surface area contributed by atoms with Crippen molar-refractivity contribution in [2.24, 2.45) is 0 Å². The zero-order valence-electron chi connectivity index (χ0n) is 14.2. The molecule has 2 aromatic rings. The number of carbonyl (C=O) groups excluding carboxylic acids is 3. The van der Waals surface area contributed by atoms with Gasteiger partial charge in [-0.3, -0.25) is 9.59 Å². The van der Waals surface area contributed by atoms with Crippen LogP contribution in [0.5, 0.6) is 0 Å². The van der Waals surface area contributed by atoms with E-state index in [1.807, 2.05) is 5.32 Å². The van der Waals surface area contributed by atoms with Crippen LogP contribution in [0.2, 0.25) is 0 Å². The molecule has 0 radical (unpaired) electrons. The highest BCUT2D eigenvalue weighted by Crippen LogP contribution is 2.31. The van der Waals surface area contributed by atoms with Crippen LogP contribution in [0.3, 0.4) is 0 Å². The van der Waals surface area contributed by atoms with Crippen molar-refractivity contribution in [2.45, 2.75) is 11.3 Å². The Hall–Kier alpha value is -3.01. The fourth-order valence-corrected chi connectivity index (χ4v) is 3.31. The van der Waals surface area contributed by atoms with Gasteiger partial charge >= 0.3 is 5.97 Å². The maximum atomic E-state index is 13.5. The summed E-state index contributed by atoms with van der Waals surface area (Å²) in [6.45, 7) is -0.768. The summed E-state index contributed by atoms with van der Waals surface area (Å²) < 4.78 is 44.4. The van der Waals surface area contributed by atoms with Gasteiger partial charge < -0.3 is 15.4 Å². The molecule has 0 aromatic heterocycles. The van der Waals surface area contributed by atoms with E-state index in [-0.39, 0.29) is 11.5 Å². The van der Waals surface area contributed by atoms with Crippen LogP contribution in [0, 0.1) is 17.5 Å². The standard InChI is InChI=1S/C18H13F3N2O4S/c19-10-2-3-11(17(21)16(10)20)22-15(25)8-27-18(26)9-1-4-13-12(7-9)23-14(24)5-6-28-13/h1-4,7H,5-6,8H2,(H,22,25)(H,23,24). The summed E-state index contributed by atoms with van der Waals surface area (Å²) in [7, 11) is 0. The number of nitrogens with one attached hydrogen (secondary N) is 2. The van der Waals surface area contributed by atoms with Crippen molar-refractivity contribution in [3.05, 3.63) is 53.3 Å². The van der Waals surface area contributed by atoms with Crippen LogP contribution in [0.25, 0.3) is 0 Å². The fraction of sp³-hybridized carbons (Fsp3) is 0.167. The number of esters is 1. The molecule has 2 N–H and O–H groups in total. The SMILES string of the molecule is O=C1CCSc2ccc(C(=O)OCC(=O)Nc3ccc(F)c(F)c3F)cc2N1. The van der Waals surface area contributed by atoms with E-state index in [9.17, 15) is 27.6 Å². The van der Waals surface area contributed by atoms with Crippen LogP contribution in [0.15, 0.2) is 35.2 Å². The highest BCUT2D eigenvalue weighted by atomic mass is 32.2. The molecule has 1 heterocycles. The Labute approximate surface area is 161 Å². The summed E-state index contributed by atoms with van der Waals surface area (Å²) >= 11 is 1.46. The second-order valence-corrected chi connectivity index (χ2v) is 6.84. The van der Waals surface area contributed by atoms with Crippen molar-refractivity contribution in [2.75, 3.05) is 23.0 Å². The predicted octanol–water partition coefficient (Wildman–Crippen LogP) is 3.33. The van der Waals surface area contributed by atoms with Gasteiger partial charge in [-0.2, -0.15) is 0 Å². The van der Waals surface area contributed by atoms with E-state index >= 15 is 0 Å². The van der Waals surface area contributed by atoms with Gasteiger partial charge in [0, 0.05) is 17.1 Å². The quantitative estimate of drug-likeness (QED) is 0.597. The summed E-state index contributed by atoms with van der Waals surface area (Å²) in [5.74, 6) is -6.01. The molecule has 0 unspecified atom stereocenters. The maximum absolute atomic E-state index is 13.5. The first-order valence-electron chi connectivity index (χ1n) is 8.02. The molecule has 1 aliphatic heterocycles. The first-order valence-corrected chi connectivity index (χ1v) is 9.01. The lowest BCUT2D eigenvalue weighted by Crippen LogP contribution is -2.22. The van der Waals surface area contributed by atoms with Gasteiger partial charge in [-0.25, -0.2) is 18.0 Å². The Morgan fingerprint density at radius 1 is 1.14 bits per heavy atom. The van der Waals surface area contributed by atoms with E-state index in [0.717, 1.165) is 11.0 Å². The minimum Gasteiger partial charge on any atom is -0.452 e. The molecule has 3 rings (SSSR count). The van der Waals surface area contributed by atoms with Crippen LogP contribution in [-0.4, -0.2) is 30.1 Å². The number of ether oxygens (including phenoxy) is 1. The summed E-state index contributed by atoms with van der Waals surface area (Å²) in [5, 5.41) is 4.67. The molecule has 1 aliphatic rings. The molecule has 2 aromatic carbocycles. The highest BCUT2D eigenvalue weighted by Gasteiger charge is 2.18. The van der Waals surface area contributed by atoms with E-state index in [0.29, 0.717) is 23.9 Å². The van der Waals surface area contributed by atoms with Crippen molar-refractivity contribution in [1.82, 2.24) is 0 Å². The number of carbonyl (C=O) groups is 3. The van der Waals surface area contributed by atoms with Gasteiger partial charge in [-0.1, -0.05) is 0 Å². The van der Waals surface area contributed by atoms with Crippen molar-refractivity contribution in [3.8, 4) is 0 Å². The van der Waals surface area contributed by atoms with E-state index in [4.69, 9.17) is 4.74 Å². The van der Waals surface area contributed by atoms with Crippen molar-refractivity contribution < 1.29 is 32.3 Å². The summed E-state index contributed by atoms with van der Waals surface area (Å²) in [5.41, 5.74) is -0.00617. The van der Waals surface area contributed by atoms with Crippen LogP contribution < -0.4 is 10.6 Å². The third-order valence-corrected chi connectivity index (χ3v) is 4.79. The Morgan fingerprint density at radius 3 is 2.71 bits per heavy atom. The normalized spacial score (nSPS) is 13.2. The molecule has 0 atom stereocenters. The first-order chi connectivity index (χ1) is 13.3. The molecule has 2 amide bonds. The van der Waals surface area contributed by atoms with Crippen molar-refractivity contribution in [1.29, 1.82) is 0 Å². The molecule has 0 saturated heterocycles. The number of hydrogen-bond donors (Lipinski definition) is 2. The van der Waals surface area contributed by atoms with Gasteiger partial charge in [-0.05, 0) is 30.3 Å². The molecular formula is C18H13F3N2O4S. The minimum atomic E-state index is -1.72. The third-order valence-electron chi connectivity index (χ3n) is 3.72. The van der Waals surface area contributed by atoms with Crippen molar-refractivity contribution in [3.63, 3.8) is 0 Å². The second-order valence-electron chi connectivity index (χ2n) is 5.70. The van der Waals surface area contributed by atoms with Gasteiger partial charge in [0.25, 0.3) is 5.91 Å². The molecule has 10 heteroatoms. The van der Waals surface area contributed by atoms with Crippen LogP contribution in [0.4, 0.5) is 24.5 Å². The Morgan fingerprint density at radius 2 is 1.93 bits per heavy atom. The molecule has 28 heavy (non-hydrogen) atoms. The predicted molar refractivity (Wildman–Crippen MR) is 95.6 cm³/mol. The van der Waals surface area contributed by atoms with Gasteiger partial charge in [0.2, 0.25) is 5.91 Å². The van der Waals surface area contributed by atoms with Crippen LogP contribution >= 0.6 is 11.8 Å². The summed E-state index contributed by atoms with van der Waals surface area (Å²) in [6, 6.07) is 6.07. The number of amides is 2. The molecule has 0 fully saturated rings. The smallest absolute Gasteiger partial charge is 0.338 e. The number of rotatable bonds is 4. The molecular weight excluding hydrogens is 397 g/mol. The van der Waals surface area contributed by atoms with E-state index < -0.39 is 41.6 Å². The summed E-state index contributed by atoms with van der Waals surface area (Å²) in [4.78, 5) is 36.3. The molecule has 0 bridgehead atoms. The highest BCUT2D eigenvalue weighted by molar-refractivity contribution is 7.99. The van der Waals surface area contributed by atoms with Gasteiger partial charge in [0.15, 0.2) is 24.1 Å². The lowest BCUT2D eigenvalue weighted by atomic mass is 10.2. The molecule has 146 valence electrons. The number of halogens is 3. The Kier molecular flexibility index (Phi) is 5.88. The van der Waals surface area contributed by atoms with Gasteiger partial charge in [0.1, 0.15) is 0 Å². The van der Waals surface area contributed by atoms with Crippen LogP contribution in [-0.2, 0) is 14.3 Å². The van der Waals surface area contributed by atoms with Gasteiger partial charge in [0.05, 0.1) is 16.9 Å². The van der Waals surface area contributed by atoms with Crippen molar-refractivity contribution >= 4 is 40.9 Å². The zero-order valence-corrected chi connectivity index (χ0v) is 15.0. The summed E-state index contributed by atoms with van der Waals surface area (Å²) in [6.07, 6.45) is 0.347. The lowest BCUT2D eigenvalue weighted by molar-refractivity contribution is -0.119. The first kappa shape index (κ1) is 19.7. The number of anilines is 2. The monoisotopic (exact) mass is 410 g/mol. The van der Waals surface area contributed by atoms with Crippen LogP contribution in [0.1, 0.15) is 16.8 Å². The third kappa shape index (κ3) is 4.45. The molecule has 0 saturated carbocycles. The molecule has 6 nitrogen and oxygen atoms in total. The fourth-order valence-electron chi connectivity index (χ4n) is 2.37. The average molecular weight is 410 g/mol. The number of fused-ring (bicyclic) bond motifs is 1. The maximum Gasteiger partial charge on any atom is 0.338 e. The minimum absolute atomic E-state index is 0.105. The second kappa shape index (κ2) is 8.34. The van der Waals surface area contributed by atoms with Gasteiger partial charge in [-0.15, -0.1) is 11.8 Å². The zero-order chi connectivity index (χ0) is 20.3. The molecule has 0 spiro atoms. The average Bonchev–Trinajstić information content (AvgIpc) is 2.86. The van der Waals surface area contributed by atoms with E-state index in [1.54, 1.807) is 6.07 Å². The van der Waals surface area contributed by atoms with E-state index in [2.05, 4.69) is 5.32 Å². The largest absolute Gasteiger partial charge is 0.452 e. The van der Waals surface area contributed by atoms with E-state index in [1.165, 1.54) is 23.9 Å². The Bertz CT molecular complexity index is 968. The number of thioether (sulfide) groups is 1. The Balaban J connectivity index is 1.62. The topological polar surface area (TPSA) is 84.5 Å². The number of benzene rings is 2. The number of hydrogen-bond acceptors (Lipinski definition) is 5. The lowest BCUT2D eigenvalue weighted by Gasteiger charge is -2.10.